The maximum Gasteiger partial charge on any atom is 0.0743 e. The molecule has 80 valence electrons. The molecule has 0 saturated carbocycles. The minimum atomic E-state index is 0.647. The molecule has 0 saturated heterocycles. The summed E-state index contributed by atoms with van der Waals surface area (Å²) < 4.78 is 0. The predicted molar refractivity (Wildman–Crippen MR) is 68.3 cm³/mol. The van der Waals surface area contributed by atoms with E-state index in [0.29, 0.717) is 6.54 Å². The van der Waals surface area contributed by atoms with Crippen LogP contribution in [-0.2, 0) is 13.0 Å². The molecule has 0 aliphatic heterocycles. The smallest absolute Gasteiger partial charge is 0.0743 e. The minimum Gasteiger partial charge on any atom is -0.228 e. The lowest BCUT2D eigenvalue weighted by Gasteiger charge is -2.05. The minimum absolute atomic E-state index is 0.647. The Morgan fingerprint density at radius 2 is 1.80 bits per heavy atom. The van der Waals surface area contributed by atoms with Gasteiger partial charge in [-0.2, -0.15) is 0 Å². The van der Waals surface area contributed by atoms with E-state index in [4.69, 9.17) is 0 Å². The molecule has 0 unspecified atom stereocenters. The van der Waals surface area contributed by atoms with Gasteiger partial charge in [-0.1, -0.05) is 38.1 Å². The molecule has 0 bridgehead atoms. The van der Waals surface area contributed by atoms with Gasteiger partial charge in [-0.05, 0) is 42.1 Å². The summed E-state index contributed by atoms with van der Waals surface area (Å²) in [6.45, 7) is 5.15. The van der Waals surface area contributed by atoms with E-state index in [1.807, 2.05) is 0 Å². The maximum absolute atomic E-state index is 4.53. The summed E-state index contributed by atoms with van der Waals surface area (Å²) in [5.41, 5.74) is 2.60. The predicted octanol–water partition coefficient (Wildman–Crippen LogP) is 3.88. The number of aryl methyl sites for hydroxylation is 1. The van der Waals surface area contributed by atoms with Gasteiger partial charge in [0.15, 0.2) is 0 Å². The molecular weight excluding hydrogens is 202 g/mol. The third-order valence-corrected chi connectivity index (χ3v) is 2.49. The largest absolute Gasteiger partial charge is 0.228 e. The standard InChI is InChI=1S/C13H17NS/c1-11(2)3-4-12-5-7-13(8-6-12)9-14-10-15/h5-8,11H,3-4,9H2,1-2H3. The summed E-state index contributed by atoms with van der Waals surface area (Å²) in [5, 5.41) is 2.38. The molecule has 1 nitrogen and oxygen atoms in total. The highest BCUT2D eigenvalue weighted by Gasteiger charge is 1.97. The van der Waals surface area contributed by atoms with E-state index in [1.165, 1.54) is 17.5 Å². The van der Waals surface area contributed by atoms with Crippen molar-refractivity contribution in [3.63, 3.8) is 0 Å². The van der Waals surface area contributed by atoms with Crippen molar-refractivity contribution in [2.24, 2.45) is 10.9 Å². The van der Waals surface area contributed by atoms with Crippen LogP contribution in [0.15, 0.2) is 29.3 Å². The highest BCUT2D eigenvalue weighted by Crippen LogP contribution is 2.10. The molecule has 0 N–H and O–H groups in total. The molecule has 0 aliphatic rings. The van der Waals surface area contributed by atoms with Crippen LogP contribution in [0.2, 0.25) is 0 Å². The number of isothiocyanates is 1. The molecule has 0 spiro atoms. The molecule has 0 amide bonds. The first kappa shape index (κ1) is 12.1. The summed E-state index contributed by atoms with van der Waals surface area (Å²) in [5.74, 6) is 0.768. The Hall–Kier alpha value is -0.980. The third-order valence-electron chi connectivity index (χ3n) is 2.36. The second-order valence-electron chi connectivity index (χ2n) is 4.16. The van der Waals surface area contributed by atoms with Gasteiger partial charge in [-0.3, -0.25) is 0 Å². The summed E-state index contributed by atoms with van der Waals surface area (Å²) in [7, 11) is 0. The molecule has 0 heterocycles. The van der Waals surface area contributed by atoms with Crippen molar-refractivity contribution in [1.82, 2.24) is 0 Å². The number of rotatable bonds is 5. The van der Waals surface area contributed by atoms with E-state index in [2.05, 4.69) is 60.5 Å². The number of nitrogens with zero attached hydrogens (tertiary/aromatic N) is 1. The molecule has 0 fully saturated rings. The number of thiocarbonyl (C=S) groups is 1. The number of hydrogen-bond acceptors (Lipinski definition) is 2. The molecule has 1 rings (SSSR count). The van der Waals surface area contributed by atoms with E-state index in [1.54, 1.807) is 0 Å². The average molecular weight is 219 g/mol. The zero-order valence-corrected chi connectivity index (χ0v) is 10.2. The monoisotopic (exact) mass is 219 g/mol. The second-order valence-corrected chi connectivity index (χ2v) is 4.34. The Balaban J connectivity index is 2.52. The number of benzene rings is 1. The second kappa shape index (κ2) is 6.49. The van der Waals surface area contributed by atoms with Gasteiger partial charge in [-0.15, -0.1) is 0 Å². The molecule has 1 aromatic carbocycles. The molecule has 0 aromatic heterocycles. The molecular formula is C13H17NS. The molecule has 0 radical (unpaired) electrons. The Bertz CT molecular complexity index is 334. The van der Waals surface area contributed by atoms with Gasteiger partial charge in [0.1, 0.15) is 0 Å². The summed E-state index contributed by atoms with van der Waals surface area (Å²) in [4.78, 5) is 3.91. The van der Waals surface area contributed by atoms with Gasteiger partial charge >= 0.3 is 0 Å². The molecule has 0 aliphatic carbocycles. The average Bonchev–Trinajstić information content (AvgIpc) is 2.25. The highest BCUT2D eigenvalue weighted by molar-refractivity contribution is 7.78. The van der Waals surface area contributed by atoms with Crippen LogP contribution in [0.3, 0.4) is 0 Å². The van der Waals surface area contributed by atoms with Crippen LogP contribution < -0.4 is 0 Å². The number of aliphatic imine (C=N–C) groups is 1. The molecule has 1 aromatic rings. The third kappa shape index (κ3) is 4.87. The molecule has 0 atom stereocenters. The number of hydrogen-bond donors (Lipinski definition) is 0. The van der Waals surface area contributed by atoms with Crippen LogP contribution in [0, 0.1) is 5.92 Å². The Morgan fingerprint density at radius 3 is 2.33 bits per heavy atom. The lowest BCUT2D eigenvalue weighted by molar-refractivity contribution is 0.586. The van der Waals surface area contributed by atoms with E-state index >= 15 is 0 Å². The highest BCUT2D eigenvalue weighted by atomic mass is 32.1. The van der Waals surface area contributed by atoms with Crippen molar-refractivity contribution < 1.29 is 0 Å². The van der Waals surface area contributed by atoms with Crippen LogP contribution in [0.5, 0.6) is 0 Å². The van der Waals surface area contributed by atoms with Gasteiger partial charge in [0.05, 0.1) is 11.7 Å². The zero-order valence-electron chi connectivity index (χ0n) is 9.36. The van der Waals surface area contributed by atoms with Gasteiger partial charge in [0, 0.05) is 0 Å². The first-order valence-corrected chi connectivity index (χ1v) is 5.74. The van der Waals surface area contributed by atoms with Gasteiger partial charge in [0.25, 0.3) is 0 Å². The van der Waals surface area contributed by atoms with Gasteiger partial charge in [-0.25, -0.2) is 4.99 Å². The fourth-order valence-corrected chi connectivity index (χ4v) is 1.45. The fraction of sp³-hybridized carbons (Fsp3) is 0.462. The summed E-state index contributed by atoms with van der Waals surface area (Å²) in [6.07, 6.45) is 2.41. The quantitative estimate of drug-likeness (QED) is 0.541. The van der Waals surface area contributed by atoms with Crippen LogP contribution >= 0.6 is 12.2 Å². The van der Waals surface area contributed by atoms with Crippen molar-refractivity contribution in [2.75, 3.05) is 0 Å². The Kier molecular flexibility index (Phi) is 5.23. The zero-order chi connectivity index (χ0) is 11.1. The normalized spacial score (nSPS) is 10.1. The van der Waals surface area contributed by atoms with E-state index in [0.717, 1.165) is 12.3 Å². The van der Waals surface area contributed by atoms with Crippen LogP contribution in [0.4, 0.5) is 0 Å². The summed E-state index contributed by atoms with van der Waals surface area (Å²) >= 11 is 4.53. The SMILES string of the molecule is CC(C)CCc1ccc(CN=C=S)cc1. The van der Waals surface area contributed by atoms with Crippen LogP contribution in [0.1, 0.15) is 31.4 Å². The topological polar surface area (TPSA) is 12.4 Å². The van der Waals surface area contributed by atoms with Crippen LogP contribution in [0.25, 0.3) is 0 Å². The van der Waals surface area contributed by atoms with Gasteiger partial charge in [0.2, 0.25) is 0 Å². The van der Waals surface area contributed by atoms with Crippen LogP contribution in [-0.4, -0.2) is 5.16 Å². The van der Waals surface area contributed by atoms with Gasteiger partial charge < -0.3 is 0 Å². The lowest BCUT2D eigenvalue weighted by Crippen LogP contribution is -1.92. The van der Waals surface area contributed by atoms with Crippen molar-refractivity contribution in [2.45, 2.75) is 33.2 Å². The van der Waals surface area contributed by atoms with Crippen molar-refractivity contribution >= 4 is 17.4 Å². The van der Waals surface area contributed by atoms with Crippen molar-refractivity contribution in [3.8, 4) is 0 Å². The van der Waals surface area contributed by atoms with Crippen molar-refractivity contribution in [1.29, 1.82) is 0 Å². The van der Waals surface area contributed by atoms with E-state index < -0.39 is 0 Å². The first-order valence-electron chi connectivity index (χ1n) is 5.34. The fourth-order valence-electron chi connectivity index (χ4n) is 1.39. The molecule has 2 heteroatoms. The Labute approximate surface area is 97.2 Å². The Morgan fingerprint density at radius 1 is 1.20 bits per heavy atom. The lowest BCUT2D eigenvalue weighted by atomic mass is 10.0. The summed E-state index contributed by atoms with van der Waals surface area (Å²) in [6, 6.07) is 8.59. The van der Waals surface area contributed by atoms with Crippen molar-refractivity contribution in [3.05, 3.63) is 35.4 Å². The van der Waals surface area contributed by atoms with E-state index in [9.17, 15) is 0 Å². The maximum atomic E-state index is 4.53. The van der Waals surface area contributed by atoms with E-state index in [-0.39, 0.29) is 0 Å². The first-order chi connectivity index (χ1) is 7.22. The molecule has 15 heavy (non-hydrogen) atoms.